The van der Waals surface area contributed by atoms with Crippen LogP contribution in [-0.2, 0) is 0 Å². The molecule has 1 heterocycles. The van der Waals surface area contributed by atoms with Gasteiger partial charge in [0.15, 0.2) is 0 Å². The van der Waals surface area contributed by atoms with Crippen LogP contribution < -0.4 is 16.4 Å². The second kappa shape index (κ2) is 10.1. The van der Waals surface area contributed by atoms with Gasteiger partial charge in [-0.05, 0) is 45.3 Å². The van der Waals surface area contributed by atoms with Crippen molar-refractivity contribution < 1.29 is 0 Å². The van der Waals surface area contributed by atoms with Crippen LogP contribution in [0.5, 0.6) is 0 Å². The maximum absolute atomic E-state index is 5.47. The molecule has 0 aromatic carbocycles. The van der Waals surface area contributed by atoms with Gasteiger partial charge < -0.3 is 16.4 Å². The number of rotatable bonds is 7. The number of unbranched alkanes of at least 4 members (excludes halogenated alkanes) is 3. The van der Waals surface area contributed by atoms with E-state index in [-0.39, 0.29) is 0 Å². The Morgan fingerprint density at radius 1 is 1.06 bits per heavy atom. The van der Waals surface area contributed by atoms with Gasteiger partial charge in [0.25, 0.3) is 0 Å². The number of nitrogens with one attached hydrogen (secondary N) is 2. The quantitative estimate of drug-likeness (QED) is 0.579. The Balaban J connectivity index is 1.93. The third kappa shape index (κ3) is 7.20. The lowest BCUT2D eigenvalue weighted by atomic mass is 10.1. The van der Waals surface area contributed by atoms with Gasteiger partial charge in [0.2, 0.25) is 0 Å². The highest BCUT2D eigenvalue weighted by Crippen LogP contribution is 2.06. The van der Waals surface area contributed by atoms with E-state index in [9.17, 15) is 0 Å². The van der Waals surface area contributed by atoms with E-state index in [0.717, 1.165) is 13.1 Å². The molecule has 0 aromatic heterocycles. The van der Waals surface area contributed by atoms with Gasteiger partial charge in [0, 0.05) is 12.6 Å². The van der Waals surface area contributed by atoms with E-state index in [4.69, 9.17) is 5.73 Å². The molecule has 1 unspecified atom stereocenters. The molecule has 4 N–H and O–H groups in total. The fraction of sp³-hybridized carbons (Fsp3) is 1.00. The molecule has 0 aliphatic carbocycles. The van der Waals surface area contributed by atoms with E-state index in [1.165, 1.54) is 64.5 Å². The van der Waals surface area contributed by atoms with Crippen LogP contribution in [0, 0.1) is 0 Å². The van der Waals surface area contributed by atoms with Crippen molar-refractivity contribution in [2.45, 2.75) is 57.4 Å². The first kappa shape index (κ1) is 13.9. The minimum absolute atomic E-state index is 0.704. The summed E-state index contributed by atoms with van der Waals surface area (Å²) in [5, 5.41) is 7.19. The molecule has 1 saturated heterocycles. The summed E-state index contributed by atoms with van der Waals surface area (Å²) in [4.78, 5) is 0. The van der Waals surface area contributed by atoms with Crippen molar-refractivity contribution in [3.63, 3.8) is 0 Å². The van der Waals surface area contributed by atoms with E-state index in [1.807, 2.05) is 0 Å². The van der Waals surface area contributed by atoms with Gasteiger partial charge in [-0.1, -0.05) is 25.7 Å². The van der Waals surface area contributed by atoms with E-state index < -0.39 is 0 Å². The molecule has 0 bridgehead atoms. The van der Waals surface area contributed by atoms with Crippen LogP contribution in [0.2, 0.25) is 0 Å². The Kier molecular flexibility index (Phi) is 8.77. The van der Waals surface area contributed by atoms with Crippen LogP contribution in [0.4, 0.5) is 0 Å². The van der Waals surface area contributed by atoms with Crippen LogP contribution in [0.3, 0.4) is 0 Å². The highest BCUT2D eigenvalue weighted by Gasteiger charge is 2.09. The fourth-order valence-corrected chi connectivity index (χ4v) is 2.30. The Hall–Kier alpha value is -0.120. The molecule has 0 aromatic rings. The summed E-state index contributed by atoms with van der Waals surface area (Å²) in [6, 6.07) is 0.704. The highest BCUT2D eigenvalue weighted by atomic mass is 15.0. The minimum Gasteiger partial charge on any atom is -0.330 e. The number of nitrogens with two attached hydrogens (primary N) is 1. The van der Waals surface area contributed by atoms with Gasteiger partial charge in [-0.2, -0.15) is 0 Å². The molecule has 0 radical (unpaired) electrons. The van der Waals surface area contributed by atoms with Crippen LogP contribution in [0.1, 0.15) is 51.4 Å². The Labute approximate surface area is 101 Å². The van der Waals surface area contributed by atoms with Gasteiger partial charge in [-0.3, -0.25) is 0 Å². The molecule has 1 aliphatic heterocycles. The summed E-state index contributed by atoms with van der Waals surface area (Å²) in [5.74, 6) is 0. The van der Waals surface area contributed by atoms with Gasteiger partial charge in [-0.15, -0.1) is 0 Å². The van der Waals surface area contributed by atoms with Crippen LogP contribution >= 0.6 is 0 Å². The van der Waals surface area contributed by atoms with Crippen LogP contribution in [-0.4, -0.2) is 32.2 Å². The monoisotopic (exact) mass is 227 g/mol. The van der Waals surface area contributed by atoms with Crippen molar-refractivity contribution in [2.75, 3.05) is 26.2 Å². The highest BCUT2D eigenvalue weighted by molar-refractivity contribution is 4.72. The molecule has 0 saturated carbocycles. The standard InChI is InChI=1S/C13H29N3/c14-9-5-1-2-7-11-16-13-8-4-3-6-10-15-12-13/h13,15-16H,1-12,14H2. The third-order valence-electron chi connectivity index (χ3n) is 3.36. The van der Waals surface area contributed by atoms with Crippen molar-refractivity contribution in [3.05, 3.63) is 0 Å². The third-order valence-corrected chi connectivity index (χ3v) is 3.36. The molecular weight excluding hydrogens is 198 g/mol. The summed E-state index contributed by atoms with van der Waals surface area (Å²) < 4.78 is 0. The SMILES string of the molecule is NCCCCCCNC1CCCCCNC1. The smallest absolute Gasteiger partial charge is 0.0192 e. The first-order valence-electron chi connectivity index (χ1n) is 7.07. The van der Waals surface area contributed by atoms with Gasteiger partial charge in [-0.25, -0.2) is 0 Å². The lowest BCUT2D eigenvalue weighted by molar-refractivity contribution is 0.399. The molecule has 1 aliphatic rings. The summed E-state index contributed by atoms with van der Waals surface area (Å²) in [7, 11) is 0. The molecule has 16 heavy (non-hydrogen) atoms. The average molecular weight is 227 g/mol. The summed E-state index contributed by atoms with van der Waals surface area (Å²) in [6.07, 6.45) is 10.6. The topological polar surface area (TPSA) is 50.1 Å². The molecular formula is C13H29N3. The molecule has 3 heteroatoms. The van der Waals surface area contributed by atoms with Crippen LogP contribution in [0.15, 0.2) is 0 Å². The maximum Gasteiger partial charge on any atom is 0.0192 e. The zero-order chi connectivity index (χ0) is 11.5. The predicted molar refractivity (Wildman–Crippen MR) is 70.7 cm³/mol. The van der Waals surface area contributed by atoms with E-state index in [0.29, 0.717) is 6.04 Å². The Morgan fingerprint density at radius 3 is 2.81 bits per heavy atom. The van der Waals surface area contributed by atoms with E-state index in [1.54, 1.807) is 0 Å². The Bertz CT molecular complexity index is 142. The maximum atomic E-state index is 5.47. The largest absolute Gasteiger partial charge is 0.330 e. The second-order valence-electron chi connectivity index (χ2n) is 4.91. The molecule has 3 nitrogen and oxygen atoms in total. The Morgan fingerprint density at radius 2 is 1.94 bits per heavy atom. The fourth-order valence-electron chi connectivity index (χ4n) is 2.30. The number of hydrogen-bond acceptors (Lipinski definition) is 3. The molecule has 96 valence electrons. The predicted octanol–water partition coefficient (Wildman–Crippen LogP) is 1.63. The van der Waals surface area contributed by atoms with Gasteiger partial charge in [0.1, 0.15) is 0 Å². The normalized spacial score (nSPS) is 22.7. The molecule has 1 rings (SSSR count). The lowest BCUT2D eigenvalue weighted by Crippen LogP contribution is -2.40. The molecule has 0 amide bonds. The summed E-state index contributed by atoms with van der Waals surface area (Å²) in [6.45, 7) is 4.38. The molecule has 1 atom stereocenters. The van der Waals surface area contributed by atoms with Crippen molar-refractivity contribution in [2.24, 2.45) is 5.73 Å². The van der Waals surface area contributed by atoms with Crippen molar-refractivity contribution in [1.82, 2.24) is 10.6 Å². The summed E-state index contributed by atoms with van der Waals surface area (Å²) >= 11 is 0. The number of hydrogen-bond donors (Lipinski definition) is 3. The molecule has 1 fully saturated rings. The second-order valence-corrected chi connectivity index (χ2v) is 4.91. The van der Waals surface area contributed by atoms with Crippen molar-refractivity contribution in [1.29, 1.82) is 0 Å². The summed E-state index contributed by atoms with van der Waals surface area (Å²) in [5.41, 5.74) is 5.47. The zero-order valence-electron chi connectivity index (χ0n) is 10.6. The first-order chi connectivity index (χ1) is 7.93. The average Bonchev–Trinajstić information content (AvgIpc) is 2.25. The molecule has 0 spiro atoms. The van der Waals surface area contributed by atoms with Crippen molar-refractivity contribution >= 4 is 0 Å². The van der Waals surface area contributed by atoms with Crippen molar-refractivity contribution in [3.8, 4) is 0 Å². The van der Waals surface area contributed by atoms with E-state index in [2.05, 4.69) is 10.6 Å². The van der Waals surface area contributed by atoms with Crippen LogP contribution in [0.25, 0.3) is 0 Å². The zero-order valence-corrected chi connectivity index (χ0v) is 10.6. The van der Waals surface area contributed by atoms with Gasteiger partial charge >= 0.3 is 0 Å². The van der Waals surface area contributed by atoms with Gasteiger partial charge in [0.05, 0.1) is 0 Å². The minimum atomic E-state index is 0.704. The first-order valence-corrected chi connectivity index (χ1v) is 7.07. The lowest BCUT2D eigenvalue weighted by Gasteiger charge is -2.21. The van der Waals surface area contributed by atoms with E-state index >= 15 is 0 Å².